The number of rotatable bonds is 9. The number of aryl methyl sites for hydroxylation is 2. The van der Waals surface area contributed by atoms with Crippen LogP contribution in [0.15, 0.2) is 47.4 Å². The molecule has 2 aromatic carbocycles. The zero-order valence-electron chi connectivity index (χ0n) is 18.9. The molecule has 0 aliphatic heterocycles. The van der Waals surface area contributed by atoms with Gasteiger partial charge in [0.15, 0.2) is 0 Å². The predicted octanol–water partition coefficient (Wildman–Crippen LogP) is 3.82. The van der Waals surface area contributed by atoms with Gasteiger partial charge in [0, 0.05) is 12.6 Å². The number of esters is 1. The minimum absolute atomic E-state index is 0.0492. The minimum Gasteiger partial charge on any atom is -0.495 e. The number of nitrogens with zero attached hydrogens (tertiary/aromatic N) is 2. The van der Waals surface area contributed by atoms with Crippen molar-refractivity contribution in [1.29, 1.82) is 0 Å². The van der Waals surface area contributed by atoms with E-state index in [1.54, 1.807) is 0 Å². The minimum atomic E-state index is -3.82. The number of sulfonamides is 1. The molecule has 1 heterocycles. The summed E-state index contributed by atoms with van der Waals surface area (Å²) in [5, 5.41) is 0. The molecule has 3 aromatic rings. The molecule has 1 N–H and O–H groups in total. The fraction of sp³-hybridized carbons (Fsp3) is 0.417. The van der Waals surface area contributed by atoms with Gasteiger partial charge in [0.05, 0.1) is 30.3 Å². The molecule has 0 spiro atoms. The molecule has 1 aromatic heterocycles. The molecule has 176 valence electrons. The number of para-hydroxylation sites is 2. The predicted molar refractivity (Wildman–Crippen MR) is 125 cm³/mol. The summed E-state index contributed by atoms with van der Waals surface area (Å²) < 4.78 is 41.3. The van der Waals surface area contributed by atoms with Gasteiger partial charge >= 0.3 is 5.97 Å². The van der Waals surface area contributed by atoms with E-state index in [0.29, 0.717) is 13.0 Å². The standard InChI is InChI=1S/C24H29N3O5S/c1-17-25-20-10-5-6-11-21(20)27(17)14-7-15-32-24(28)18-12-13-22(31-2)23(16-18)33(29,30)26-19-8-3-4-9-19/h5-6,10-13,16,19,26H,3-4,7-9,14-15H2,1-2H3. The van der Waals surface area contributed by atoms with Crippen molar-refractivity contribution >= 4 is 27.0 Å². The average Bonchev–Trinajstić information content (AvgIpc) is 3.42. The number of imidazole rings is 1. The number of fused-ring (bicyclic) bond motifs is 1. The number of ether oxygens (including phenoxy) is 2. The molecular formula is C24H29N3O5S. The van der Waals surface area contributed by atoms with Crippen LogP contribution in [0.25, 0.3) is 11.0 Å². The van der Waals surface area contributed by atoms with Crippen LogP contribution in [0.1, 0.15) is 48.3 Å². The SMILES string of the molecule is COc1ccc(C(=O)OCCCn2c(C)nc3ccccc32)cc1S(=O)(=O)NC1CCCC1. The summed E-state index contributed by atoms with van der Waals surface area (Å²) in [4.78, 5) is 17.1. The van der Waals surface area contributed by atoms with Gasteiger partial charge in [-0.05, 0) is 56.5 Å². The van der Waals surface area contributed by atoms with E-state index < -0.39 is 16.0 Å². The van der Waals surface area contributed by atoms with Gasteiger partial charge in [-0.1, -0.05) is 25.0 Å². The Kier molecular flexibility index (Phi) is 6.99. The van der Waals surface area contributed by atoms with Crippen molar-refractivity contribution in [1.82, 2.24) is 14.3 Å². The van der Waals surface area contributed by atoms with Crippen molar-refractivity contribution in [2.24, 2.45) is 0 Å². The highest BCUT2D eigenvalue weighted by Crippen LogP contribution is 2.27. The molecule has 1 fully saturated rings. The molecule has 1 saturated carbocycles. The van der Waals surface area contributed by atoms with Crippen molar-refractivity contribution in [3.63, 3.8) is 0 Å². The quantitative estimate of drug-likeness (QED) is 0.376. The van der Waals surface area contributed by atoms with Crippen LogP contribution in [0, 0.1) is 6.92 Å². The second-order valence-electron chi connectivity index (χ2n) is 8.26. The summed E-state index contributed by atoms with van der Waals surface area (Å²) in [6, 6.07) is 12.1. The molecule has 0 unspecified atom stereocenters. The third-order valence-corrected chi connectivity index (χ3v) is 7.51. The Morgan fingerprint density at radius 2 is 1.94 bits per heavy atom. The average molecular weight is 472 g/mol. The van der Waals surface area contributed by atoms with E-state index in [9.17, 15) is 13.2 Å². The smallest absolute Gasteiger partial charge is 0.338 e. The highest BCUT2D eigenvalue weighted by atomic mass is 32.2. The van der Waals surface area contributed by atoms with Crippen molar-refractivity contribution in [3.05, 3.63) is 53.9 Å². The summed E-state index contributed by atoms with van der Waals surface area (Å²) in [5.41, 5.74) is 2.15. The van der Waals surface area contributed by atoms with Crippen LogP contribution in [0.4, 0.5) is 0 Å². The van der Waals surface area contributed by atoms with E-state index in [0.717, 1.165) is 42.5 Å². The van der Waals surface area contributed by atoms with E-state index in [-0.39, 0.29) is 28.9 Å². The molecular weight excluding hydrogens is 442 g/mol. The zero-order chi connectivity index (χ0) is 23.4. The van der Waals surface area contributed by atoms with Gasteiger partial charge in [-0.3, -0.25) is 0 Å². The zero-order valence-corrected chi connectivity index (χ0v) is 19.7. The number of aromatic nitrogens is 2. The van der Waals surface area contributed by atoms with Gasteiger partial charge in [-0.2, -0.15) is 0 Å². The van der Waals surface area contributed by atoms with E-state index in [1.807, 2.05) is 31.2 Å². The number of carbonyl (C=O) groups excluding carboxylic acids is 1. The van der Waals surface area contributed by atoms with Gasteiger partial charge in [-0.15, -0.1) is 0 Å². The van der Waals surface area contributed by atoms with Gasteiger partial charge in [0.1, 0.15) is 16.5 Å². The van der Waals surface area contributed by atoms with E-state index >= 15 is 0 Å². The van der Waals surface area contributed by atoms with Gasteiger partial charge in [0.2, 0.25) is 10.0 Å². The lowest BCUT2D eigenvalue weighted by molar-refractivity contribution is 0.0496. The van der Waals surface area contributed by atoms with Crippen molar-refractivity contribution in [3.8, 4) is 5.75 Å². The van der Waals surface area contributed by atoms with E-state index in [4.69, 9.17) is 9.47 Å². The molecule has 9 heteroatoms. The van der Waals surface area contributed by atoms with Gasteiger partial charge in [0.25, 0.3) is 0 Å². The second kappa shape index (κ2) is 9.93. The van der Waals surface area contributed by atoms with Gasteiger partial charge in [-0.25, -0.2) is 22.9 Å². The first kappa shape index (κ1) is 23.3. The lowest BCUT2D eigenvalue weighted by Crippen LogP contribution is -2.33. The maximum Gasteiger partial charge on any atom is 0.338 e. The molecule has 0 atom stereocenters. The number of benzene rings is 2. The van der Waals surface area contributed by atoms with Crippen LogP contribution in [-0.2, 0) is 21.3 Å². The number of methoxy groups -OCH3 is 1. The molecule has 1 aliphatic rings. The maximum atomic E-state index is 12.9. The molecule has 8 nitrogen and oxygen atoms in total. The third kappa shape index (κ3) is 5.20. The number of carbonyl (C=O) groups is 1. The molecule has 1 aliphatic carbocycles. The molecule has 4 rings (SSSR count). The number of hydrogen-bond acceptors (Lipinski definition) is 6. The monoisotopic (exact) mass is 471 g/mol. The first-order valence-corrected chi connectivity index (χ1v) is 12.7. The number of hydrogen-bond donors (Lipinski definition) is 1. The van der Waals surface area contributed by atoms with E-state index in [2.05, 4.69) is 14.3 Å². The van der Waals surface area contributed by atoms with Crippen LogP contribution in [0.3, 0.4) is 0 Å². The highest BCUT2D eigenvalue weighted by molar-refractivity contribution is 7.89. The Labute approximate surface area is 194 Å². The summed E-state index contributed by atoms with van der Waals surface area (Å²) >= 11 is 0. The Hall–Kier alpha value is -2.91. The lowest BCUT2D eigenvalue weighted by atomic mass is 10.2. The van der Waals surface area contributed by atoms with Crippen LogP contribution < -0.4 is 9.46 Å². The summed E-state index contributed by atoms with van der Waals surface area (Å²) in [5.74, 6) is 0.531. The lowest BCUT2D eigenvalue weighted by Gasteiger charge is -2.15. The van der Waals surface area contributed by atoms with Crippen LogP contribution in [-0.4, -0.2) is 43.7 Å². The normalized spacial score (nSPS) is 14.6. The molecule has 0 radical (unpaired) electrons. The van der Waals surface area contributed by atoms with Crippen LogP contribution in [0.5, 0.6) is 5.75 Å². The molecule has 0 amide bonds. The molecule has 33 heavy (non-hydrogen) atoms. The largest absolute Gasteiger partial charge is 0.495 e. The van der Waals surface area contributed by atoms with Crippen LogP contribution >= 0.6 is 0 Å². The Morgan fingerprint density at radius 1 is 1.18 bits per heavy atom. The molecule has 0 bridgehead atoms. The van der Waals surface area contributed by atoms with E-state index in [1.165, 1.54) is 25.3 Å². The number of nitrogens with one attached hydrogen (secondary N) is 1. The first-order valence-electron chi connectivity index (χ1n) is 11.2. The fourth-order valence-electron chi connectivity index (χ4n) is 4.29. The summed E-state index contributed by atoms with van der Waals surface area (Å²) in [7, 11) is -2.41. The Balaban J connectivity index is 1.40. The topological polar surface area (TPSA) is 99.5 Å². The highest BCUT2D eigenvalue weighted by Gasteiger charge is 2.27. The van der Waals surface area contributed by atoms with Crippen LogP contribution in [0.2, 0.25) is 0 Å². The fourth-order valence-corrected chi connectivity index (χ4v) is 5.79. The summed E-state index contributed by atoms with van der Waals surface area (Å²) in [6.07, 6.45) is 4.25. The summed E-state index contributed by atoms with van der Waals surface area (Å²) in [6.45, 7) is 2.82. The van der Waals surface area contributed by atoms with Gasteiger partial charge < -0.3 is 14.0 Å². The molecule has 0 saturated heterocycles. The third-order valence-electron chi connectivity index (χ3n) is 5.97. The Bertz CT molecular complexity index is 1250. The van der Waals surface area contributed by atoms with Crippen molar-refractivity contribution in [2.45, 2.75) is 56.5 Å². The first-order chi connectivity index (χ1) is 15.9. The maximum absolute atomic E-state index is 12.9. The Morgan fingerprint density at radius 3 is 2.70 bits per heavy atom. The van der Waals surface area contributed by atoms with Crippen molar-refractivity contribution < 1.29 is 22.7 Å². The van der Waals surface area contributed by atoms with Crippen molar-refractivity contribution in [2.75, 3.05) is 13.7 Å². The second-order valence-corrected chi connectivity index (χ2v) is 9.94.